The zero-order valence-corrected chi connectivity index (χ0v) is 8.76. The Morgan fingerprint density at radius 3 is 2.69 bits per heavy atom. The number of aliphatic carboxylic acids is 1. The van der Waals surface area contributed by atoms with Crippen LogP contribution < -0.4 is 5.73 Å². The van der Waals surface area contributed by atoms with Gasteiger partial charge in [0.05, 0.1) is 0 Å². The second kappa shape index (κ2) is 4.33. The first-order chi connectivity index (χ1) is 7.68. The lowest BCUT2D eigenvalue weighted by Crippen LogP contribution is -2.32. The van der Waals surface area contributed by atoms with E-state index >= 15 is 0 Å². The first-order valence-electron chi connectivity index (χ1n) is 5.13. The van der Waals surface area contributed by atoms with Crippen LogP contribution in [0, 0.1) is 0 Å². The molecule has 0 fully saturated rings. The Morgan fingerprint density at radius 1 is 1.19 bits per heavy atom. The molecular weight excluding hydrogens is 202 g/mol. The van der Waals surface area contributed by atoms with Crippen LogP contribution in [0.2, 0.25) is 0 Å². The molecule has 0 radical (unpaired) electrons. The third-order valence-electron chi connectivity index (χ3n) is 2.64. The van der Waals surface area contributed by atoms with Crippen molar-refractivity contribution in [1.82, 2.24) is 0 Å². The smallest absolute Gasteiger partial charge is 0.320 e. The summed E-state index contributed by atoms with van der Waals surface area (Å²) < 4.78 is 0. The number of carboxylic acid groups (broad SMARTS) is 1. The Kier molecular flexibility index (Phi) is 2.88. The quantitative estimate of drug-likeness (QED) is 0.819. The lowest BCUT2D eigenvalue weighted by Gasteiger charge is -2.06. The van der Waals surface area contributed by atoms with Crippen LogP contribution in [0.1, 0.15) is 5.56 Å². The summed E-state index contributed by atoms with van der Waals surface area (Å²) in [6.45, 7) is 0. The van der Waals surface area contributed by atoms with E-state index in [9.17, 15) is 4.79 Å². The number of fused-ring (bicyclic) bond motifs is 1. The van der Waals surface area contributed by atoms with Gasteiger partial charge in [0.25, 0.3) is 0 Å². The molecule has 0 heterocycles. The Hall–Kier alpha value is -1.87. The highest BCUT2D eigenvalue weighted by Gasteiger charge is 2.15. The Morgan fingerprint density at radius 2 is 1.94 bits per heavy atom. The van der Waals surface area contributed by atoms with Crippen LogP contribution in [0.15, 0.2) is 42.5 Å². The summed E-state index contributed by atoms with van der Waals surface area (Å²) in [5.41, 5.74) is 8.70. The summed E-state index contributed by atoms with van der Waals surface area (Å²) in [7, 11) is 0. The monoisotopic (exact) mass is 215 g/mol. The van der Waals surface area contributed by atoms with Gasteiger partial charge in [-0.3, -0.25) is 4.79 Å². The SMILES string of the molecule is N[C@H](Cc1ccc2cccccc1-2)C(=O)O. The fourth-order valence-electron chi connectivity index (χ4n) is 1.78. The number of carboxylic acids is 1. The molecule has 0 amide bonds. The molecule has 2 aliphatic rings. The predicted molar refractivity (Wildman–Crippen MR) is 62.4 cm³/mol. The van der Waals surface area contributed by atoms with Crippen molar-refractivity contribution < 1.29 is 9.90 Å². The Bertz CT molecular complexity index is 481. The van der Waals surface area contributed by atoms with Gasteiger partial charge in [0.15, 0.2) is 0 Å². The van der Waals surface area contributed by atoms with E-state index in [0.29, 0.717) is 6.42 Å². The second-order valence-electron chi connectivity index (χ2n) is 3.79. The maximum absolute atomic E-state index is 10.7. The van der Waals surface area contributed by atoms with Crippen LogP contribution in [-0.4, -0.2) is 17.1 Å². The van der Waals surface area contributed by atoms with Gasteiger partial charge in [0, 0.05) is 0 Å². The fourth-order valence-corrected chi connectivity index (χ4v) is 1.78. The molecule has 2 rings (SSSR count). The molecule has 0 saturated carbocycles. The highest BCUT2D eigenvalue weighted by atomic mass is 16.4. The molecule has 0 bridgehead atoms. The van der Waals surface area contributed by atoms with Crippen LogP contribution >= 0.6 is 0 Å². The Labute approximate surface area is 93.9 Å². The standard InChI is InChI=1S/C13H13NO2/c14-12(13(15)16)8-10-7-6-9-4-2-1-3-5-11(9)10/h1-7,12H,8,14H2,(H,15,16)/t12-/m1/s1. The van der Waals surface area contributed by atoms with E-state index < -0.39 is 12.0 Å². The van der Waals surface area contributed by atoms with Crippen molar-refractivity contribution in [1.29, 1.82) is 0 Å². The maximum Gasteiger partial charge on any atom is 0.320 e. The first-order valence-corrected chi connectivity index (χ1v) is 5.13. The van der Waals surface area contributed by atoms with Gasteiger partial charge < -0.3 is 10.8 Å². The van der Waals surface area contributed by atoms with E-state index in [1.807, 2.05) is 42.5 Å². The first kappa shape index (κ1) is 10.6. The zero-order chi connectivity index (χ0) is 11.5. The van der Waals surface area contributed by atoms with Gasteiger partial charge in [-0.15, -0.1) is 0 Å². The number of rotatable bonds is 3. The van der Waals surface area contributed by atoms with E-state index in [-0.39, 0.29) is 0 Å². The van der Waals surface area contributed by atoms with Crippen LogP contribution in [0.3, 0.4) is 0 Å². The van der Waals surface area contributed by atoms with Crippen molar-refractivity contribution in [3.05, 3.63) is 48.0 Å². The number of hydrogen-bond acceptors (Lipinski definition) is 2. The zero-order valence-electron chi connectivity index (χ0n) is 8.76. The van der Waals surface area contributed by atoms with E-state index in [0.717, 1.165) is 16.7 Å². The highest BCUT2D eigenvalue weighted by Crippen LogP contribution is 2.27. The highest BCUT2D eigenvalue weighted by molar-refractivity contribution is 5.76. The minimum atomic E-state index is -0.963. The summed E-state index contributed by atoms with van der Waals surface area (Å²) >= 11 is 0. The summed E-state index contributed by atoms with van der Waals surface area (Å²) in [4.78, 5) is 10.7. The number of carbonyl (C=O) groups is 1. The average molecular weight is 215 g/mol. The third kappa shape index (κ3) is 2.04. The molecule has 3 nitrogen and oxygen atoms in total. The summed E-state index contributed by atoms with van der Waals surface area (Å²) in [6, 6.07) is 12.9. The molecule has 3 N–H and O–H groups in total. The molecule has 3 heteroatoms. The molecule has 0 aromatic carbocycles. The van der Waals surface area contributed by atoms with Crippen molar-refractivity contribution in [3.63, 3.8) is 0 Å². The summed E-state index contributed by atoms with van der Waals surface area (Å²) in [5.74, 6) is -0.963. The molecule has 0 aliphatic heterocycles. The van der Waals surface area contributed by atoms with Crippen molar-refractivity contribution in [2.75, 3.05) is 0 Å². The predicted octanol–water partition coefficient (Wildman–Crippen LogP) is 1.75. The molecule has 2 aliphatic carbocycles. The van der Waals surface area contributed by atoms with Crippen molar-refractivity contribution >= 4 is 5.97 Å². The average Bonchev–Trinajstić information content (AvgIpc) is 2.50. The third-order valence-corrected chi connectivity index (χ3v) is 2.64. The molecule has 82 valence electrons. The van der Waals surface area contributed by atoms with E-state index in [4.69, 9.17) is 10.8 Å². The van der Waals surface area contributed by atoms with Gasteiger partial charge in [-0.2, -0.15) is 0 Å². The largest absolute Gasteiger partial charge is 0.480 e. The molecule has 0 aromatic heterocycles. The van der Waals surface area contributed by atoms with Gasteiger partial charge >= 0.3 is 5.97 Å². The van der Waals surface area contributed by atoms with Crippen LogP contribution in [0.25, 0.3) is 11.1 Å². The molecular formula is C13H13NO2. The summed E-state index contributed by atoms with van der Waals surface area (Å²) in [6.07, 6.45) is 0.364. The maximum atomic E-state index is 10.7. The number of hydrogen-bond donors (Lipinski definition) is 2. The molecule has 1 atom stereocenters. The van der Waals surface area contributed by atoms with Crippen LogP contribution in [-0.2, 0) is 11.2 Å². The van der Waals surface area contributed by atoms with E-state index in [2.05, 4.69) is 0 Å². The minimum Gasteiger partial charge on any atom is -0.480 e. The second-order valence-corrected chi connectivity index (χ2v) is 3.79. The molecule has 16 heavy (non-hydrogen) atoms. The number of nitrogens with two attached hydrogens (primary N) is 1. The van der Waals surface area contributed by atoms with Crippen molar-refractivity contribution in [2.24, 2.45) is 5.73 Å². The van der Waals surface area contributed by atoms with Gasteiger partial charge in [-0.05, 0) is 23.1 Å². The molecule has 0 unspecified atom stereocenters. The minimum absolute atomic E-state index is 0.364. The van der Waals surface area contributed by atoms with Crippen molar-refractivity contribution in [2.45, 2.75) is 12.5 Å². The van der Waals surface area contributed by atoms with E-state index in [1.54, 1.807) is 0 Å². The van der Waals surface area contributed by atoms with Gasteiger partial charge in [-0.25, -0.2) is 0 Å². The normalized spacial score (nSPS) is 12.6. The lowest BCUT2D eigenvalue weighted by molar-refractivity contribution is -0.138. The van der Waals surface area contributed by atoms with Gasteiger partial charge in [0.2, 0.25) is 0 Å². The Balaban J connectivity index is 2.31. The molecule has 0 saturated heterocycles. The van der Waals surface area contributed by atoms with Crippen LogP contribution in [0.4, 0.5) is 0 Å². The topological polar surface area (TPSA) is 63.3 Å². The molecule has 0 aromatic rings. The molecule has 0 spiro atoms. The van der Waals surface area contributed by atoms with Gasteiger partial charge in [0.1, 0.15) is 6.04 Å². The van der Waals surface area contributed by atoms with Crippen molar-refractivity contribution in [3.8, 4) is 11.1 Å². The lowest BCUT2D eigenvalue weighted by atomic mass is 10.0. The fraction of sp³-hybridized carbons (Fsp3) is 0.154. The van der Waals surface area contributed by atoms with Gasteiger partial charge in [-0.1, -0.05) is 42.5 Å². The van der Waals surface area contributed by atoms with Crippen LogP contribution in [0.5, 0.6) is 0 Å². The van der Waals surface area contributed by atoms with E-state index in [1.165, 1.54) is 0 Å². The summed E-state index contributed by atoms with van der Waals surface area (Å²) in [5, 5.41) is 8.78.